The smallest absolute Gasteiger partial charge is 0.410 e. The molecule has 0 aromatic carbocycles. The van der Waals surface area contributed by atoms with Crippen molar-refractivity contribution in [3.63, 3.8) is 0 Å². The predicted molar refractivity (Wildman–Crippen MR) is 98.6 cm³/mol. The van der Waals surface area contributed by atoms with Crippen LogP contribution in [-0.4, -0.2) is 55.2 Å². The van der Waals surface area contributed by atoms with E-state index in [-0.39, 0.29) is 24.5 Å². The number of esters is 1. The number of piperidine rings is 1. The lowest BCUT2D eigenvalue weighted by molar-refractivity contribution is -0.155. The van der Waals surface area contributed by atoms with E-state index in [2.05, 4.69) is 12.2 Å². The number of carbonyl (C=O) groups is 3. The zero-order chi connectivity index (χ0) is 19.8. The number of ether oxygens (including phenoxy) is 2. The molecule has 7 heteroatoms. The number of carbonyl (C=O) groups excluding carboxylic acids is 3. The van der Waals surface area contributed by atoms with E-state index >= 15 is 0 Å². The molecule has 0 bridgehead atoms. The molecule has 1 aliphatic heterocycles. The van der Waals surface area contributed by atoms with Crippen LogP contribution in [-0.2, 0) is 19.1 Å². The number of likely N-dealkylation sites (tertiary alicyclic amines) is 1. The summed E-state index contributed by atoms with van der Waals surface area (Å²) in [5, 5.41) is 2.88. The molecule has 0 unspecified atom stereocenters. The number of hydrogen-bond acceptors (Lipinski definition) is 5. The van der Waals surface area contributed by atoms with Gasteiger partial charge in [0.05, 0.1) is 12.5 Å². The Morgan fingerprint density at radius 3 is 2.23 bits per heavy atom. The Morgan fingerprint density at radius 2 is 1.73 bits per heavy atom. The first kappa shape index (κ1) is 22.3. The lowest BCUT2D eigenvalue weighted by Crippen LogP contribution is -2.52. The van der Waals surface area contributed by atoms with Gasteiger partial charge in [-0.15, -0.1) is 0 Å². The van der Waals surface area contributed by atoms with E-state index in [0.717, 1.165) is 19.3 Å². The Bertz CT molecular complexity index is 491. The highest BCUT2D eigenvalue weighted by atomic mass is 16.6. The third-order valence-electron chi connectivity index (χ3n) is 4.62. The average Bonchev–Trinajstić information content (AvgIpc) is 2.58. The van der Waals surface area contributed by atoms with E-state index in [1.54, 1.807) is 4.90 Å². The first-order chi connectivity index (χ1) is 12.1. The maximum Gasteiger partial charge on any atom is 0.410 e. The Labute approximate surface area is 156 Å². The van der Waals surface area contributed by atoms with Gasteiger partial charge < -0.3 is 19.7 Å². The van der Waals surface area contributed by atoms with Crippen LogP contribution in [0.2, 0.25) is 0 Å². The summed E-state index contributed by atoms with van der Waals surface area (Å²) in [4.78, 5) is 38.2. The predicted octanol–water partition coefficient (Wildman–Crippen LogP) is 2.87. The van der Waals surface area contributed by atoms with Crippen molar-refractivity contribution in [2.24, 2.45) is 5.41 Å². The van der Waals surface area contributed by atoms with Gasteiger partial charge in [0, 0.05) is 26.1 Å². The number of nitrogens with one attached hydrogen (secondary N) is 1. The molecule has 150 valence electrons. The third kappa shape index (κ3) is 6.84. The van der Waals surface area contributed by atoms with Crippen LogP contribution in [0.5, 0.6) is 0 Å². The monoisotopic (exact) mass is 370 g/mol. The van der Waals surface area contributed by atoms with Gasteiger partial charge in [-0.1, -0.05) is 19.8 Å². The number of amides is 2. The molecule has 2 amide bonds. The van der Waals surface area contributed by atoms with Gasteiger partial charge >= 0.3 is 12.1 Å². The number of unbranched alkanes of at least 4 members (excludes halogenated alkanes) is 2. The molecule has 1 fully saturated rings. The van der Waals surface area contributed by atoms with Gasteiger partial charge in [-0.3, -0.25) is 9.59 Å². The van der Waals surface area contributed by atoms with Crippen LogP contribution in [0.15, 0.2) is 0 Å². The van der Waals surface area contributed by atoms with Crippen LogP contribution in [0.1, 0.15) is 66.2 Å². The zero-order valence-electron chi connectivity index (χ0n) is 16.9. The van der Waals surface area contributed by atoms with Crippen LogP contribution in [0.25, 0.3) is 0 Å². The van der Waals surface area contributed by atoms with Crippen LogP contribution in [0, 0.1) is 5.41 Å². The Kier molecular flexibility index (Phi) is 8.37. The summed E-state index contributed by atoms with van der Waals surface area (Å²) in [5.41, 5.74) is -1.34. The van der Waals surface area contributed by atoms with Crippen molar-refractivity contribution < 1.29 is 23.9 Å². The highest BCUT2D eigenvalue weighted by Gasteiger charge is 2.44. The van der Waals surface area contributed by atoms with Crippen molar-refractivity contribution in [1.29, 1.82) is 0 Å². The molecule has 1 N–H and O–H groups in total. The fourth-order valence-corrected chi connectivity index (χ4v) is 3.01. The second kappa shape index (κ2) is 9.78. The number of rotatable bonds is 7. The lowest BCUT2D eigenvalue weighted by Gasteiger charge is -2.40. The number of methoxy groups -OCH3 is 1. The highest BCUT2D eigenvalue weighted by Crippen LogP contribution is 2.33. The van der Waals surface area contributed by atoms with Crippen molar-refractivity contribution in [3.05, 3.63) is 0 Å². The zero-order valence-corrected chi connectivity index (χ0v) is 16.9. The minimum atomic E-state index is -0.784. The number of nitrogens with zero attached hydrogens (tertiary/aromatic N) is 1. The minimum Gasteiger partial charge on any atom is -0.469 e. The molecule has 0 aliphatic carbocycles. The standard InChI is InChI=1S/C19H34N2O5/c1-6-7-8-9-15(22)20-14-19(16(23)25-5)10-12-21(13-11-19)17(24)26-18(2,3)4/h6-14H2,1-5H3,(H,20,22). The van der Waals surface area contributed by atoms with Gasteiger partial charge in [0.1, 0.15) is 5.60 Å². The van der Waals surface area contributed by atoms with E-state index in [0.29, 0.717) is 32.4 Å². The molecular formula is C19H34N2O5. The maximum atomic E-state index is 12.4. The third-order valence-corrected chi connectivity index (χ3v) is 4.62. The van der Waals surface area contributed by atoms with E-state index in [1.807, 2.05) is 20.8 Å². The molecule has 1 saturated heterocycles. The van der Waals surface area contributed by atoms with Crippen LogP contribution < -0.4 is 5.32 Å². The van der Waals surface area contributed by atoms with Crippen molar-refractivity contribution in [2.75, 3.05) is 26.7 Å². The van der Waals surface area contributed by atoms with Gasteiger partial charge in [0.15, 0.2) is 0 Å². The molecule has 1 heterocycles. The van der Waals surface area contributed by atoms with E-state index in [1.165, 1.54) is 7.11 Å². The quantitative estimate of drug-likeness (QED) is 0.550. The molecule has 1 aliphatic rings. The summed E-state index contributed by atoms with van der Waals surface area (Å²) in [6, 6.07) is 0. The molecule has 1 rings (SSSR count). The highest BCUT2D eigenvalue weighted by molar-refractivity contribution is 5.80. The molecule has 0 aromatic heterocycles. The Balaban J connectivity index is 2.62. The summed E-state index contributed by atoms with van der Waals surface area (Å²) in [7, 11) is 1.35. The molecular weight excluding hydrogens is 336 g/mol. The molecule has 0 spiro atoms. The largest absolute Gasteiger partial charge is 0.469 e. The second-order valence-corrected chi connectivity index (χ2v) is 7.97. The Hall–Kier alpha value is -1.79. The summed E-state index contributed by atoms with van der Waals surface area (Å²) in [6.45, 7) is 8.59. The summed E-state index contributed by atoms with van der Waals surface area (Å²) in [6.07, 6.45) is 3.89. The van der Waals surface area contributed by atoms with Gasteiger partial charge in [-0.05, 0) is 40.0 Å². The molecule has 26 heavy (non-hydrogen) atoms. The first-order valence-electron chi connectivity index (χ1n) is 9.46. The van der Waals surface area contributed by atoms with Gasteiger partial charge in [-0.25, -0.2) is 4.79 Å². The topological polar surface area (TPSA) is 84.9 Å². The second-order valence-electron chi connectivity index (χ2n) is 7.97. The van der Waals surface area contributed by atoms with Gasteiger partial charge in [0.2, 0.25) is 5.91 Å². The Morgan fingerprint density at radius 1 is 1.12 bits per heavy atom. The average molecular weight is 370 g/mol. The summed E-state index contributed by atoms with van der Waals surface area (Å²) >= 11 is 0. The van der Waals surface area contributed by atoms with Crippen LogP contribution >= 0.6 is 0 Å². The fraction of sp³-hybridized carbons (Fsp3) is 0.842. The van der Waals surface area contributed by atoms with Crippen LogP contribution in [0.4, 0.5) is 4.79 Å². The maximum absolute atomic E-state index is 12.4. The van der Waals surface area contributed by atoms with E-state index < -0.39 is 11.0 Å². The summed E-state index contributed by atoms with van der Waals surface area (Å²) in [5.74, 6) is -0.383. The van der Waals surface area contributed by atoms with Crippen LogP contribution in [0.3, 0.4) is 0 Å². The van der Waals surface area contributed by atoms with E-state index in [4.69, 9.17) is 9.47 Å². The minimum absolute atomic E-state index is 0.0451. The number of hydrogen-bond donors (Lipinski definition) is 1. The van der Waals surface area contributed by atoms with Gasteiger partial charge in [0.25, 0.3) is 0 Å². The first-order valence-corrected chi connectivity index (χ1v) is 9.46. The van der Waals surface area contributed by atoms with E-state index in [9.17, 15) is 14.4 Å². The molecule has 0 atom stereocenters. The lowest BCUT2D eigenvalue weighted by atomic mass is 9.78. The fourth-order valence-electron chi connectivity index (χ4n) is 3.01. The SMILES string of the molecule is CCCCCC(=O)NCC1(C(=O)OC)CCN(C(=O)OC(C)(C)C)CC1. The normalized spacial score (nSPS) is 16.7. The molecule has 0 aromatic rings. The van der Waals surface area contributed by atoms with Crippen molar-refractivity contribution in [3.8, 4) is 0 Å². The van der Waals surface area contributed by atoms with Gasteiger partial charge in [-0.2, -0.15) is 0 Å². The molecule has 0 radical (unpaired) electrons. The van der Waals surface area contributed by atoms with Crippen molar-refractivity contribution >= 4 is 18.0 Å². The summed E-state index contributed by atoms with van der Waals surface area (Å²) < 4.78 is 10.4. The molecule has 0 saturated carbocycles. The van der Waals surface area contributed by atoms with Crippen molar-refractivity contribution in [1.82, 2.24) is 10.2 Å². The molecule has 7 nitrogen and oxygen atoms in total. The van der Waals surface area contributed by atoms with Crippen molar-refractivity contribution in [2.45, 2.75) is 71.8 Å².